The van der Waals surface area contributed by atoms with E-state index in [1.807, 2.05) is 31.2 Å². The number of rotatable bonds is 5. The second-order valence-electron chi connectivity index (χ2n) is 5.72. The van der Waals surface area contributed by atoms with E-state index in [4.69, 9.17) is 17.3 Å². The highest BCUT2D eigenvalue weighted by Crippen LogP contribution is 2.36. The molecule has 0 aromatic heterocycles. The van der Waals surface area contributed by atoms with Crippen molar-refractivity contribution in [1.29, 1.82) is 0 Å². The topological polar surface area (TPSA) is 55.1 Å². The van der Waals surface area contributed by atoms with Crippen molar-refractivity contribution in [1.82, 2.24) is 5.32 Å². The van der Waals surface area contributed by atoms with E-state index in [2.05, 4.69) is 5.32 Å². The van der Waals surface area contributed by atoms with Crippen LogP contribution < -0.4 is 11.1 Å². The largest absolute Gasteiger partial charge is 0.349 e. The highest BCUT2D eigenvalue weighted by atomic mass is 35.5. The van der Waals surface area contributed by atoms with Gasteiger partial charge in [0.1, 0.15) is 0 Å². The first-order valence-corrected chi connectivity index (χ1v) is 7.75. The minimum absolute atomic E-state index is 0. The lowest BCUT2D eigenvalue weighted by atomic mass is 9.91. The lowest BCUT2D eigenvalue weighted by Crippen LogP contribution is -2.38. The predicted molar refractivity (Wildman–Crippen MR) is 89.8 cm³/mol. The summed E-state index contributed by atoms with van der Waals surface area (Å²) < 4.78 is 0. The Balaban J connectivity index is 0.00000220. The second-order valence-corrected chi connectivity index (χ2v) is 6.16. The summed E-state index contributed by atoms with van der Waals surface area (Å²) in [4.78, 5) is 12.2. The number of amides is 1. The Hall–Kier alpha value is -0.770. The molecular formula is C16H24Cl2N2O. The summed E-state index contributed by atoms with van der Waals surface area (Å²) in [7, 11) is 0. The molecule has 1 aliphatic carbocycles. The number of carbonyl (C=O) groups excluding carboxylic acids is 1. The third-order valence-corrected chi connectivity index (χ3v) is 4.45. The molecule has 21 heavy (non-hydrogen) atoms. The first kappa shape index (κ1) is 18.3. The fraction of sp³-hybridized carbons (Fsp3) is 0.562. The van der Waals surface area contributed by atoms with Crippen LogP contribution in [0.4, 0.5) is 0 Å². The van der Waals surface area contributed by atoms with E-state index < -0.39 is 0 Å². The summed E-state index contributed by atoms with van der Waals surface area (Å²) in [6.45, 7) is 2.24. The summed E-state index contributed by atoms with van der Waals surface area (Å²) >= 11 is 5.95. The first-order valence-electron chi connectivity index (χ1n) is 7.37. The highest BCUT2D eigenvalue weighted by molar-refractivity contribution is 6.30. The normalized spacial score (nSPS) is 17.9. The molecule has 1 amide bonds. The molecule has 2 atom stereocenters. The molecule has 0 radical (unpaired) electrons. The molecule has 1 aromatic carbocycles. The lowest BCUT2D eigenvalue weighted by Gasteiger charge is -2.26. The standard InChI is InChI=1S/C16H23ClN2O.ClH/c1-11(10-18)16(20)19-15(12-4-2-3-5-12)13-6-8-14(17)9-7-13;/h6-9,11-12,15H,2-5,10,18H2,1H3,(H,19,20);1H. The first-order chi connectivity index (χ1) is 9.61. The minimum atomic E-state index is -0.147. The molecule has 5 heteroatoms. The number of benzene rings is 1. The van der Waals surface area contributed by atoms with Gasteiger partial charge in [-0.15, -0.1) is 12.4 Å². The monoisotopic (exact) mass is 330 g/mol. The van der Waals surface area contributed by atoms with Crippen LogP contribution in [-0.4, -0.2) is 12.5 Å². The van der Waals surface area contributed by atoms with Crippen molar-refractivity contribution >= 4 is 29.9 Å². The molecule has 1 saturated carbocycles. The smallest absolute Gasteiger partial charge is 0.224 e. The van der Waals surface area contributed by atoms with E-state index in [1.165, 1.54) is 25.7 Å². The average molecular weight is 331 g/mol. The maximum absolute atomic E-state index is 12.2. The molecule has 1 aliphatic rings. The van der Waals surface area contributed by atoms with Crippen LogP contribution in [-0.2, 0) is 4.79 Å². The predicted octanol–water partition coefficient (Wildman–Crippen LogP) is 3.70. The molecule has 0 bridgehead atoms. The molecule has 1 fully saturated rings. The Morgan fingerprint density at radius 2 is 1.90 bits per heavy atom. The molecule has 3 N–H and O–H groups in total. The van der Waals surface area contributed by atoms with E-state index in [9.17, 15) is 4.79 Å². The Kier molecular flexibility index (Phi) is 7.50. The minimum Gasteiger partial charge on any atom is -0.349 e. The van der Waals surface area contributed by atoms with E-state index >= 15 is 0 Å². The third kappa shape index (κ3) is 4.87. The third-order valence-electron chi connectivity index (χ3n) is 4.20. The van der Waals surface area contributed by atoms with Crippen LogP contribution in [0.3, 0.4) is 0 Å². The summed E-state index contributed by atoms with van der Waals surface area (Å²) in [6, 6.07) is 7.88. The Morgan fingerprint density at radius 3 is 2.43 bits per heavy atom. The summed E-state index contributed by atoms with van der Waals surface area (Å²) in [5, 5.41) is 3.91. The van der Waals surface area contributed by atoms with Crippen molar-refractivity contribution in [3.05, 3.63) is 34.9 Å². The number of hydrogen-bond donors (Lipinski definition) is 2. The van der Waals surface area contributed by atoms with Crippen molar-refractivity contribution < 1.29 is 4.79 Å². The summed E-state index contributed by atoms with van der Waals surface area (Å²) in [6.07, 6.45) is 4.84. The Morgan fingerprint density at radius 1 is 1.33 bits per heavy atom. The zero-order valence-corrected chi connectivity index (χ0v) is 13.9. The molecule has 0 saturated heterocycles. The molecule has 2 unspecified atom stereocenters. The van der Waals surface area contributed by atoms with Crippen molar-refractivity contribution in [3.8, 4) is 0 Å². The van der Waals surface area contributed by atoms with Gasteiger partial charge in [-0.2, -0.15) is 0 Å². The van der Waals surface area contributed by atoms with Crippen molar-refractivity contribution in [2.45, 2.75) is 38.6 Å². The summed E-state index contributed by atoms with van der Waals surface area (Å²) in [5.41, 5.74) is 6.72. The molecule has 0 aliphatic heterocycles. The van der Waals surface area contributed by atoms with Gasteiger partial charge in [0.25, 0.3) is 0 Å². The van der Waals surface area contributed by atoms with E-state index in [1.54, 1.807) is 0 Å². The van der Waals surface area contributed by atoms with Gasteiger partial charge in [0.2, 0.25) is 5.91 Å². The summed E-state index contributed by atoms with van der Waals surface area (Å²) in [5.74, 6) is 0.413. The van der Waals surface area contributed by atoms with Crippen LogP contribution in [0.15, 0.2) is 24.3 Å². The van der Waals surface area contributed by atoms with Gasteiger partial charge in [-0.3, -0.25) is 4.79 Å². The fourth-order valence-electron chi connectivity index (χ4n) is 2.84. The maximum Gasteiger partial charge on any atom is 0.224 e. The van der Waals surface area contributed by atoms with Gasteiger partial charge in [-0.05, 0) is 36.5 Å². The fourth-order valence-corrected chi connectivity index (χ4v) is 2.96. The van der Waals surface area contributed by atoms with Crippen LogP contribution in [0.2, 0.25) is 5.02 Å². The number of carbonyl (C=O) groups is 1. The maximum atomic E-state index is 12.2. The molecule has 118 valence electrons. The molecule has 2 rings (SSSR count). The van der Waals surface area contributed by atoms with Crippen LogP contribution in [0, 0.1) is 11.8 Å². The number of nitrogens with one attached hydrogen (secondary N) is 1. The van der Waals surface area contributed by atoms with Gasteiger partial charge in [0, 0.05) is 17.5 Å². The number of halogens is 2. The quantitative estimate of drug-likeness (QED) is 0.864. The lowest BCUT2D eigenvalue weighted by molar-refractivity contribution is -0.125. The SMILES string of the molecule is CC(CN)C(=O)NC(c1ccc(Cl)cc1)C1CCCC1.Cl. The van der Waals surface area contributed by atoms with Gasteiger partial charge in [-0.25, -0.2) is 0 Å². The van der Waals surface area contributed by atoms with Crippen LogP contribution in [0.5, 0.6) is 0 Å². The van der Waals surface area contributed by atoms with E-state index in [-0.39, 0.29) is 30.3 Å². The van der Waals surface area contributed by atoms with Crippen molar-refractivity contribution in [2.24, 2.45) is 17.6 Å². The number of nitrogens with two attached hydrogens (primary N) is 1. The highest BCUT2D eigenvalue weighted by Gasteiger charge is 2.28. The second kappa shape index (κ2) is 8.62. The molecule has 0 spiro atoms. The average Bonchev–Trinajstić information content (AvgIpc) is 2.98. The molecule has 1 aromatic rings. The zero-order valence-electron chi connectivity index (χ0n) is 12.3. The molecule has 3 nitrogen and oxygen atoms in total. The Labute approximate surface area is 138 Å². The van der Waals surface area contributed by atoms with Crippen LogP contribution >= 0.6 is 24.0 Å². The van der Waals surface area contributed by atoms with Gasteiger partial charge in [0.05, 0.1) is 6.04 Å². The van der Waals surface area contributed by atoms with E-state index in [0.717, 1.165) is 10.6 Å². The zero-order chi connectivity index (χ0) is 14.5. The van der Waals surface area contributed by atoms with E-state index in [0.29, 0.717) is 12.5 Å². The van der Waals surface area contributed by atoms with Gasteiger partial charge in [-0.1, -0.05) is 43.5 Å². The van der Waals surface area contributed by atoms with Crippen molar-refractivity contribution in [2.75, 3.05) is 6.54 Å². The molecular weight excluding hydrogens is 307 g/mol. The van der Waals surface area contributed by atoms with Gasteiger partial charge in [0.15, 0.2) is 0 Å². The molecule has 0 heterocycles. The van der Waals surface area contributed by atoms with Crippen LogP contribution in [0.1, 0.15) is 44.2 Å². The van der Waals surface area contributed by atoms with Gasteiger partial charge < -0.3 is 11.1 Å². The van der Waals surface area contributed by atoms with Gasteiger partial charge >= 0.3 is 0 Å². The van der Waals surface area contributed by atoms with Crippen molar-refractivity contribution in [3.63, 3.8) is 0 Å². The Bertz CT molecular complexity index is 444. The number of hydrogen-bond acceptors (Lipinski definition) is 2. The van der Waals surface area contributed by atoms with Crippen LogP contribution in [0.25, 0.3) is 0 Å².